The van der Waals surface area contributed by atoms with Crippen molar-refractivity contribution in [1.82, 2.24) is 19.9 Å². The van der Waals surface area contributed by atoms with Gasteiger partial charge in [-0.3, -0.25) is 9.97 Å². The van der Waals surface area contributed by atoms with Gasteiger partial charge >= 0.3 is 0 Å². The van der Waals surface area contributed by atoms with E-state index < -0.39 is 0 Å². The largest absolute Gasteiger partial charge is 0.255 e. The first-order valence-corrected chi connectivity index (χ1v) is 16.7. The van der Waals surface area contributed by atoms with E-state index in [1.807, 2.05) is 36.7 Å². The lowest BCUT2D eigenvalue weighted by Crippen LogP contribution is -1.93. The Labute approximate surface area is 290 Å². The summed E-state index contributed by atoms with van der Waals surface area (Å²) in [6, 6.07) is 59.0. The van der Waals surface area contributed by atoms with Gasteiger partial charge in [-0.25, -0.2) is 9.97 Å². The molecular formula is C46H30N4. The Bertz CT molecular complexity index is 2460. The maximum absolute atomic E-state index is 5.17. The Balaban J connectivity index is 1.08. The van der Waals surface area contributed by atoms with Gasteiger partial charge in [-0.1, -0.05) is 121 Å². The van der Waals surface area contributed by atoms with Crippen molar-refractivity contribution in [3.8, 4) is 67.3 Å². The molecule has 9 rings (SSSR count). The van der Waals surface area contributed by atoms with Gasteiger partial charge in [-0.05, 0) is 93.0 Å². The lowest BCUT2D eigenvalue weighted by atomic mass is 9.99. The summed E-state index contributed by atoms with van der Waals surface area (Å²) in [5, 5.41) is 2.05. The molecule has 0 aliphatic rings. The predicted molar refractivity (Wildman–Crippen MR) is 205 cm³/mol. The summed E-state index contributed by atoms with van der Waals surface area (Å²) in [6.45, 7) is 0. The Morgan fingerprint density at radius 2 is 0.620 bits per heavy atom. The molecule has 0 aliphatic heterocycles. The summed E-state index contributed by atoms with van der Waals surface area (Å²) in [4.78, 5) is 19.8. The van der Waals surface area contributed by atoms with Crippen LogP contribution in [0.4, 0.5) is 0 Å². The third-order valence-electron chi connectivity index (χ3n) is 9.17. The van der Waals surface area contributed by atoms with E-state index in [2.05, 4.69) is 146 Å². The summed E-state index contributed by atoms with van der Waals surface area (Å²) in [6.07, 6.45) is 3.72. The molecule has 4 aromatic heterocycles. The zero-order valence-corrected chi connectivity index (χ0v) is 27.1. The molecule has 4 heteroatoms. The highest BCUT2D eigenvalue weighted by Crippen LogP contribution is 2.32. The fraction of sp³-hybridized carbons (Fsp3) is 0. The van der Waals surface area contributed by atoms with Crippen molar-refractivity contribution in [3.63, 3.8) is 0 Å². The van der Waals surface area contributed by atoms with Crippen molar-refractivity contribution >= 4 is 21.8 Å². The van der Waals surface area contributed by atoms with Gasteiger partial charge in [0.2, 0.25) is 0 Å². The van der Waals surface area contributed by atoms with E-state index in [0.29, 0.717) is 0 Å². The van der Waals surface area contributed by atoms with Gasteiger partial charge in [-0.15, -0.1) is 0 Å². The van der Waals surface area contributed by atoms with Crippen molar-refractivity contribution < 1.29 is 0 Å². The lowest BCUT2D eigenvalue weighted by molar-refractivity contribution is 1.26. The molecule has 5 aromatic carbocycles. The first kappa shape index (κ1) is 29.4. The fourth-order valence-corrected chi connectivity index (χ4v) is 6.57. The summed E-state index contributed by atoms with van der Waals surface area (Å²) in [5.74, 6) is 0. The van der Waals surface area contributed by atoms with Crippen LogP contribution < -0.4 is 0 Å². The molecule has 0 atom stereocenters. The number of fused-ring (bicyclic) bond motifs is 3. The third-order valence-corrected chi connectivity index (χ3v) is 9.17. The van der Waals surface area contributed by atoms with Crippen LogP contribution in [0.5, 0.6) is 0 Å². The molecule has 50 heavy (non-hydrogen) atoms. The number of aromatic nitrogens is 4. The highest BCUT2D eigenvalue weighted by molar-refractivity contribution is 6.04. The van der Waals surface area contributed by atoms with E-state index >= 15 is 0 Å². The first-order chi connectivity index (χ1) is 24.7. The molecule has 0 saturated carbocycles. The standard InChI is InChI=1S/C46H30N4/c1-3-9-31(10-4-1)35-13-7-15-37(27-35)39-23-25-47-43(29-39)41-21-19-33-17-18-34-20-22-42(50-46(34)45(33)49-41)44-30-40(24-26-48-44)38-16-8-14-36(28-38)32-11-5-2-6-12-32/h1-30H. The second-order valence-electron chi connectivity index (χ2n) is 12.4. The molecule has 0 fully saturated rings. The lowest BCUT2D eigenvalue weighted by Gasteiger charge is -2.10. The van der Waals surface area contributed by atoms with E-state index in [4.69, 9.17) is 19.9 Å². The maximum Gasteiger partial charge on any atom is 0.0973 e. The van der Waals surface area contributed by atoms with E-state index in [9.17, 15) is 0 Å². The Morgan fingerprint density at radius 3 is 1.06 bits per heavy atom. The number of hydrogen-bond acceptors (Lipinski definition) is 4. The molecule has 0 unspecified atom stereocenters. The van der Waals surface area contributed by atoms with Crippen molar-refractivity contribution in [2.75, 3.05) is 0 Å². The first-order valence-electron chi connectivity index (χ1n) is 16.7. The fourth-order valence-electron chi connectivity index (χ4n) is 6.57. The zero-order valence-electron chi connectivity index (χ0n) is 27.1. The Kier molecular flexibility index (Phi) is 7.45. The molecular weight excluding hydrogens is 609 g/mol. The van der Waals surface area contributed by atoms with Gasteiger partial charge in [0.15, 0.2) is 0 Å². The molecule has 0 spiro atoms. The number of nitrogens with zero attached hydrogens (tertiary/aromatic N) is 4. The SMILES string of the molecule is c1ccc(-c2cccc(-c3ccnc(-c4ccc5ccc6ccc(-c7cc(-c8cccc(-c9ccccc9)c8)ccn7)nc6c5n4)c3)c2)cc1. The molecule has 0 aliphatic carbocycles. The molecule has 234 valence electrons. The summed E-state index contributed by atoms with van der Waals surface area (Å²) < 4.78 is 0. The Morgan fingerprint density at radius 1 is 0.260 bits per heavy atom. The molecule has 9 aromatic rings. The van der Waals surface area contributed by atoms with Crippen LogP contribution in [0.2, 0.25) is 0 Å². The topological polar surface area (TPSA) is 51.6 Å². The third kappa shape index (κ3) is 5.69. The monoisotopic (exact) mass is 638 g/mol. The number of pyridine rings is 4. The minimum absolute atomic E-state index is 0.802. The van der Waals surface area contributed by atoms with Crippen LogP contribution in [0.3, 0.4) is 0 Å². The molecule has 0 radical (unpaired) electrons. The number of rotatable bonds is 6. The zero-order chi connectivity index (χ0) is 33.3. The average molecular weight is 639 g/mol. The van der Waals surface area contributed by atoms with Crippen LogP contribution >= 0.6 is 0 Å². The minimum atomic E-state index is 0.802. The second kappa shape index (κ2) is 12.7. The normalized spacial score (nSPS) is 11.2. The molecule has 4 nitrogen and oxygen atoms in total. The minimum Gasteiger partial charge on any atom is -0.255 e. The second-order valence-corrected chi connectivity index (χ2v) is 12.4. The van der Waals surface area contributed by atoms with Crippen molar-refractivity contribution in [2.45, 2.75) is 0 Å². The smallest absolute Gasteiger partial charge is 0.0973 e. The van der Waals surface area contributed by atoms with Crippen molar-refractivity contribution in [2.24, 2.45) is 0 Å². The van der Waals surface area contributed by atoms with Crippen LogP contribution in [0.15, 0.2) is 182 Å². The van der Waals surface area contributed by atoms with Gasteiger partial charge < -0.3 is 0 Å². The summed E-state index contributed by atoms with van der Waals surface area (Å²) >= 11 is 0. The summed E-state index contributed by atoms with van der Waals surface area (Å²) in [7, 11) is 0. The van der Waals surface area contributed by atoms with Crippen LogP contribution in [0.25, 0.3) is 89.1 Å². The van der Waals surface area contributed by atoms with Gasteiger partial charge in [-0.2, -0.15) is 0 Å². The molecule has 4 heterocycles. The quantitative estimate of drug-likeness (QED) is 0.170. The van der Waals surface area contributed by atoms with Crippen LogP contribution in [-0.2, 0) is 0 Å². The van der Waals surface area contributed by atoms with E-state index in [1.165, 1.54) is 22.3 Å². The highest BCUT2D eigenvalue weighted by atomic mass is 14.8. The predicted octanol–water partition coefficient (Wildman–Crippen LogP) is 11.6. The van der Waals surface area contributed by atoms with Crippen LogP contribution in [0.1, 0.15) is 0 Å². The van der Waals surface area contributed by atoms with Crippen LogP contribution in [0, 0.1) is 0 Å². The number of hydrogen-bond donors (Lipinski definition) is 0. The summed E-state index contributed by atoms with van der Waals surface area (Å²) in [5.41, 5.74) is 14.1. The van der Waals surface area contributed by atoms with Gasteiger partial charge in [0.25, 0.3) is 0 Å². The molecule has 0 N–H and O–H groups in total. The highest BCUT2D eigenvalue weighted by Gasteiger charge is 2.12. The number of benzene rings is 5. The van der Waals surface area contributed by atoms with Gasteiger partial charge in [0.05, 0.1) is 33.8 Å². The van der Waals surface area contributed by atoms with E-state index in [-0.39, 0.29) is 0 Å². The van der Waals surface area contributed by atoms with Gasteiger partial charge in [0.1, 0.15) is 0 Å². The average Bonchev–Trinajstić information content (AvgIpc) is 3.21. The van der Waals surface area contributed by atoms with E-state index in [0.717, 1.165) is 66.8 Å². The molecule has 0 bridgehead atoms. The van der Waals surface area contributed by atoms with Crippen molar-refractivity contribution in [3.05, 3.63) is 182 Å². The van der Waals surface area contributed by atoms with Gasteiger partial charge in [0, 0.05) is 23.2 Å². The maximum atomic E-state index is 5.17. The molecule has 0 amide bonds. The van der Waals surface area contributed by atoms with E-state index in [1.54, 1.807) is 0 Å². The van der Waals surface area contributed by atoms with Crippen molar-refractivity contribution in [1.29, 1.82) is 0 Å². The molecule has 0 saturated heterocycles. The Hall–Kier alpha value is -6.78. The van der Waals surface area contributed by atoms with Crippen LogP contribution in [-0.4, -0.2) is 19.9 Å².